The van der Waals surface area contributed by atoms with Gasteiger partial charge in [-0.3, -0.25) is 0 Å². The normalized spacial score (nSPS) is 16.4. The van der Waals surface area contributed by atoms with Crippen LogP contribution >= 0.6 is 0 Å². The van der Waals surface area contributed by atoms with Crippen molar-refractivity contribution in [2.45, 2.75) is 32.2 Å². The number of fused-ring (bicyclic) bond motifs is 1. The molecule has 4 nitrogen and oxygen atoms in total. The Morgan fingerprint density at radius 3 is 2.93 bits per heavy atom. The highest BCUT2D eigenvalue weighted by atomic mass is 15.2. The third-order valence-corrected chi connectivity index (χ3v) is 2.71. The van der Waals surface area contributed by atoms with Crippen LogP contribution in [0.15, 0.2) is 12.7 Å². The minimum Gasteiger partial charge on any atom is -0.312 e. The molecule has 0 radical (unpaired) electrons. The number of aromatic nitrogens is 4. The summed E-state index contributed by atoms with van der Waals surface area (Å²) in [6, 6.07) is 0.639. The zero-order chi connectivity index (χ0) is 9.54. The lowest BCUT2D eigenvalue weighted by molar-refractivity contribution is 0.756. The van der Waals surface area contributed by atoms with Crippen molar-refractivity contribution in [3.63, 3.8) is 0 Å². The first-order valence-corrected chi connectivity index (χ1v) is 5.06. The summed E-state index contributed by atoms with van der Waals surface area (Å²) in [4.78, 5) is 12.9. The number of rotatable bonds is 2. The Balaban J connectivity index is 2.25. The van der Waals surface area contributed by atoms with Crippen LogP contribution in [0.1, 0.15) is 31.5 Å². The van der Waals surface area contributed by atoms with Gasteiger partial charge in [0.1, 0.15) is 11.8 Å². The molecule has 72 valence electrons. The summed E-state index contributed by atoms with van der Waals surface area (Å²) in [6.45, 7) is 2.10. The number of hydrogen-bond donors (Lipinski definition) is 0. The molecule has 2 aromatic rings. The van der Waals surface area contributed by atoms with E-state index in [-0.39, 0.29) is 0 Å². The average Bonchev–Trinajstić information content (AvgIpc) is 2.97. The first kappa shape index (κ1) is 7.91. The van der Waals surface area contributed by atoms with Crippen LogP contribution < -0.4 is 0 Å². The molecule has 0 aromatic carbocycles. The van der Waals surface area contributed by atoms with Crippen molar-refractivity contribution in [2.24, 2.45) is 0 Å². The van der Waals surface area contributed by atoms with E-state index in [0.717, 1.165) is 23.3 Å². The summed E-state index contributed by atoms with van der Waals surface area (Å²) >= 11 is 0. The Kier molecular flexibility index (Phi) is 1.56. The largest absolute Gasteiger partial charge is 0.312 e. The van der Waals surface area contributed by atoms with Crippen LogP contribution in [0.25, 0.3) is 11.2 Å². The number of nitrogens with zero attached hydrogens (tertiary/aromatic N) is 4. The van der Waals surface area contributed by atoms with Crippen LogP contribution in [-0.4, -0.2) is 19.5 Å². The quantitative estimate of drug-likeness (QED) is 0.720. The molecule has 3 rings (SSSR count). The van der Waals surface area contributed by atoms with E-state index >= 15 is 0 Å². The highest BCUT2D eigenvalue weighted by Gasteiger charge is 2.25. The van der Waals surface area contributed by atoms with Gasteiger partial charge >= 0.3 is 0 Å². The van der Waals surface area contributed by atoms with Gasteiger partial charge in [-0.15, -0.1) is 0 Å². The van der Waals surface area contributed by atoms with Gasteiger partial charge in [0.2, 0.25) is 0 Å². The van der Waals surface area contributed by atoms with E-state index in [1.54, 1.807) is 6.33 Å². The smallest absolute Gasteiger partial charge is 0.163 e. The summed E-state index contributed by atoms with van der Waals surface area (Å²) in [7, 11) is 0. The van der Waals surface area contributed by atoms with E-state index in [0.29, 0.717) is 6.04 Å². The van der Waals surface area contributed by atoms with Gasteiger partial charge in [0, 0.05) is 6.04 Å². The minimum absolute atomic E-state index is 0.639. The maximum atomic E-state index is 4.39. The molecule has 2 heterocycles. The van der Waals surface area contributed by atoms with Gasteiger partial charge in [0.15, 0.2) is 5.65 Å². The lowest BCUT2D eigenvalue weighted by Gasteiger charge is -2.00. The van der Waals surface area contributed by atoms with Crippen LogP contribution in [0.5, 0.6) is 0 Å². The first-order valence-electron chi connectivity index (χ1n) is 5.06. The van der Waals surface area contributed by atoms with Crippen LogP contribution in [0, 0.1) is 0 Å². The molecule has 0 amide bonds. The van der Waals surface area contributed by atoms with E-state index < -0.39 is 0 Å². The summed E-state index contributed by atoms with van der Waals surface area (Å²) < 4.78 is 2.18. The van der Waals surface area contributed by atoms with Gasteiger partial charge in [0.25, 0.3) is 0 Å². The van der Waals surface area contributed by atoms with E-state index in [2.05, 4.69) is 26.4 Å². The van der Waals surface area contributed by atoms with Gasteiger partial charge in [-0.2, -0.15) is 0 Å². The lowest BCUT2D eigenvalue weighted by atomic mass is 10.3. The van der Waals surface area contributed by atoms with E-state index in [4.69, 9.17) is 0 Å². The Morgan fingerprint density at radius 1 is 1.36 bits per heavy atom. The van der Waals surface area contributed by atoms with Crippen LogP contribution in [-0.2, 0) is 6.42 Å². The first-order chi connectivity index (χ1) is 6.90. The molecule has 1 saturated carbocycles. The molecule has 1 aliphatic carbocycles. The maximum absolute atomic E-state index is 4.39. The molecule has 1 fully saturated rings. The molecule has 0 spiro atoms. The summed E-state index contributed by atoms with van der Waals surface area (Å²) in [5.41, 5.74) is 3.02. The maximum Gasteiger partial charge on any atom is 0.163 e. The third kappa shape index (κ3) is 1.03. The fourth-order valence-electron chi connectivity index (χ4n) is 1.78. The lowest BCUT2D eigenvalue weighted by Crippen LogP contribution is -1.95. The van der Waals surface area contributed by atoms with Crippen molar-refractivity contribution in [3.05, 3.63) is 18.3 Å². The molecule has 0 atom stereocenters. The fourth-order valence-corrected chi connectivity index (χ4v) is 1.78. The predicted octanol–water partition coefficient (Wildman–Crippen LogP) is 1.72. The molecule has 0 bridgehead atoms. The highest BCUT2D eigenvalue weighted by molar-refractivity contribution is 5.73. The summed E-state index contributed by atoms with van der Waals surface area (Å²) in [5.74, 6) is 0. The van der Waals surface area contributed by atoms with Crippen molar-refractivity contribution in [1.29, 1.82) is 0 Å². The standard InChI is InChI=1S/C10H12N4/c1-2-8-9-10(12-5-11-8)14(6-13-9)7-3-4-7/h5-7H,2-4H2,1H3. The zero-order valence-electron chi connectivity index (χ0n) is 8.14. The molecule has 2 aromatic heterocycles. The van der Waals surface area contributed by atoms with Crippen molar-refractivity contribution >= 4 is 11.2 Å². The topological polar surface area (TPSA) is 43.6 Å². The van der Waals surface area contributed by atoms with E-state index in [9.17, 15) is 0 Å². The fraction of sp³-hybridized carbons (Fsp3) is 0.500. The van der Waals surface area contributed by atoms with Gasteiger partial charge < -0.3 is 4.57 Å². The van der Waals surface area contributed by atoms with E-state index in [1.165, 1.54) is 12.8 Å². The second kappa shape index (κ2) is 2.77. The Hall–Kier alpha value is -1.45. The molecular weight excluding hydrogens is 176 g/mol. The van der Waals surface area contributed by atoms with Crippen molar-refractivity contribution in [2.75, 3.05) is 0 Å². The van der Waals surface area contributed by atoms with Crippen LogP contribution in [0.2, 0.25) is 0 Å². The van der Waals surface area contributed by atoms with Crippen molar-refractivity contribution in [3.8, 4) is 0 Å². The molecule has 0 unspecified atom stereocenters. The monoisotopic (exact) mass is 188 g/mol. The van der Waals surface area contributed by atoms with E-state index in [1.807, 2.05) is 6.33 Å². The molecular formula is C10H12N4. The van der Waals surface area contributed by atoms with Crippen molar-refractivity contribution in [1.82, 2.24) is 19.5 Å². The van der Waals surface area contributed by atoms with Gasteiger partial charge in [0.05, 0.1) is 12.0 Å². The molecule has 4 heteroatoms. The SMILES string of the molecule is CCc1ncnc2c1ncn2C1CC1. The van der Waals surface area contributed by atoms with Gasteiger partial charge in [-0.05, 0) is 19.3 Å². The van der Waals surface area contributed by atoms with Crippen LogP contribution in [0.3, 0.4) is 0 Å². The van der Waals surface area contributed by atoms with Crippen molar-refractivity contribution < 1.29 is 0 Å². The predicted molar refractivity (Wildman–Crippen MR) is 53.0 cm³/mol. The van der Waals surface area contributed by atoms with Gasteiger partial charge in [-0.1, -0.05) is 6.92 Å². The zero-order valence-corrected chi connectivity index (χ0v) is 8.14. The third-order valence-electron chi connectivity index (χ3n) is 2.71. The molecule has 0 aliphatic heterocycles. The second-order valence-electron chi connectivity index (χ2n) is 3.73. The molecule has 1 aliphatic rings. The summed E-state index contributed by atoms with van der Waals surface area (Å²) in [5, 5.41) is 0. The number of aryl methyl sites for hydroxylation is 1. The average molecular weight is 188 g/mol. The van der Waals surface area contributed by atoms with Crippen LogP contribution in [0.4, 0.5) is 0 Å². The summed E-state index contributed by atoms with van der Waals surface area (Å²) in [6.07, 6.45) is 6.98. The minimum atomic E-state index is 0.639. The second-order valence-corrected chi connectivity index (χ2v) is 3.73. The van der Waals surface area contributed by atoms with Gasteiger partial charge in [-0.25, -0.2) is 15.0 Å². The molecule has 0 saturated heterocycles. The number of hydrogen-bond acceptors (Lipinski definition) is 3. The molecule has 0 N–H and O–H groups in total. The Bertz CT molecular complexity index is 470. The highest BCUT2D eigenvalue weighted by Crippen LogP contribution is 2.36. The Labute approximate surface area is 82.0 Å². The number of imidazole rings is 1. The molecule has 14 heavy (non-hydrogen) atoms. The Morgan fingerprint density at radius 2 is 2.21 bits per heavy atom.